The molecule has 4 nitrogen and oxygen atoms in total. The Labute approximate surface area is 98.6 Å². The summed E-state index contributed by atoms with van der Waals surface area (Å²) >= 11 is 0. The molecule has 1 aliphatic rings. The van der Waals surface area contributed by atoms with Crippen molar-refractivity contribution in [3.8, 4) is 0 Å². The first-order chi connectivity index (χ1) is 7.50. The summed E-state index contributed by atoms with van der Waals surface area (Å²) in [5.74, 6) is 0.777. The van der Waals surface area contributed by atoms with Crippen LogP contribution in [0.1, 0.15) is 26.7 Å². The monoisotopic (exact) mass is 227 g/mol. The Bertz CT molecular complexity index is 230. The molecule has 4 heteroatoms. The molecule has 0 aromatic rings. The van der Waals surface area contributed by atoms with Gasteiger partial charge in [-0.25, -0.2) is 0 Å². The van der Waals surface area contributed by atoms with Crippen molar-refractivity contribution in [1.29, 1.82) is 0 Å². The van der Waals surface area contributed by atoms with Gasteiger partial charge in [0.2, 0.25) is 5.91 Å². The van der Waals surface area contributed by atoms with Crippen molar-refractivity contribution in [2.45, 2.75) is 32.7 Å². The normalized spacial score (nSPS) is 24.4. The van der Waals surface area contributed by atoms with Gasteiger partial charge >= 0.3 is 0 Å². The zero-order valence-corrected chi connectivity index (χ0v) is 10.7. The number of piperidine rings is 1. The van der Waals surface area contributed by atoms with Crippen LogP contribution in [0, 0.1) is 11.8 Å². The molecule has 0 bridgehead atoms. The molecular formula is C12H25N3O. The van der Waals surface area contributed by atoms with Crippen molar-refractivity contribution >= 4 is 5.91 Å². The van der Waals surface area contributed by atoms with Gasteiger partial charge in [-0.2, -0.15) is 0 Å². The quantitative estimate of drug-likeness (QED) is 0.732. The molecule has 16 heavy (non-hydrogen) atoms. The maximum Gasteiger partial charge on any atom is 0.237 e. The molecule has 0 aromatic carbocycles. The van der Waals surface area contributed by atoms with E-state index in [2.05, 4.69) is 17.3 Å². The van der Waals surface area contributed by atoms with Crippen molar-refractivity contribution < 1.29 is 4.79 Å². The molecule has 1 fully saturated rings. The standard InChI is InChI=1S/C12H25N3O/c1-9(2)11(13)12(16)14-7-10-5-4-6-15(3)8-10/h9-11H,4-8,13H2,1-3H3,(H,14,16)/t10?,11-/m1/s1. The number of carbonyl (C=O) groups is 1. The minimum Gasteiger partial charge on any atom is -0.354 e. The van der Waals surface area contributed by atoms with Gasteiger partial charge in [0.1, 0.15) is 0 Å². The lowest BCUT2D eigenvalue weighted by atomic mass is 9.98. The Balaban J connectivity index is 2.25. The van der Waals surface area contributed by atoms with E-state index in [1.165, 1.54) is 19.4 Å². The lowest BCUT2D eigenvalue weighted by Gasteiger charge is -2.30. The van der Waals surface area contributed by atoms with Crippen LogP contribution in [-0.2, 0) is 4.79 Å². The van der Waals surface area contributed by atoms with Gasteiger partial charge in [-0.1, -0.05) is 13.8 Å². The number of nitrogens with two attached hydrogens (primary N) is 1. The second kappa shape index (κ2) is 6.21. The highest BCUT2D eigenvalue weighted by molar-refractivity contribution is 5.81. The van der Waals surface area contributed by atoms with Gasteiger partial charge in [0.25, 0.3) is 0 Å². The summed E-state index contributed by atoms with van der Waals surface area (Å²) in [7, 11) is 2.13. The number of carbonyl (C=O) groups excluding carboxylic acids is 1. The number of hydrogen-bond acceptors (Lipinski definition) is 3. The molecule has 1 unspecified atom stereocenters. The lowest BCUT2D eigenvalue weighted by molar-refractivity contribution is -0.123. The van der Waals surface area contributed by atoms with E-state index in [1.54, 1.807) is 0 Å². The van der Waals surface area contributed by atoms with Crippen LogP contribution in [0.3, 0.4) is 0 Å². The number of amides is 1. The molecule has 2 atom stereocenters. The number of likely N-dealkylation sites (tertiary alicyclic amines) is 1. The maximum atomic E-state index is 11.7. The smallest absolute Gasteiger partial charge is 0.237 e. The van der Waals surface area contributed by atoms with E-state index in [4.69, 9.17) is 5.73 Å². The van der Waals surface area contributed by atoms with E-state index in [1.807, 2.05) is 13.8 Å². The maximum absolute atomic E-state index is 11.7. The van der Waals surface area contributed by atoms with Gasteiger partial charge in [0.15, 0.2) is 0 Å². The Hall–Kier alpha value is -0.610. The molecule has 0 radical (unpaired) electrons. The molecule has 1 heterocycles. The number of nitrogens with zero attached hydrogens (tertiary/aromatic N) is 1. The minimum atomic E-state index is -0.374. The summed E-state index contributed by atoms with van der Waals surface area (Å²) in [5.41, 5.74) is 5.78. The van der Waals surface area contributed by atoms with Gasteiger partial charge in [0, 0.05) is 13.1 Å². The van der Waals surface area contributed by atoms with Crippen LogP contribution in [0.15, 0.2) is 0 Å². The van der Waals surface area contributed by atoms with Crippen LogP contribution in [0.2, 0.25) is 0 Å². The lowest BCUT2D eigenvalue weighted by Crippen LogP contribution is -2.47. The summed E-state index contributed by atoms with van der Waals surface area (Å²) in [6.45, 7) is 6.97. The third-order valence-electron chi connectivity index (χ3n) is 3.31. The Morgan fingerprint density at radius 1 is 1.56 bits per heavy atom. The first-order valence-corrected chi connectivity index (χ1v) is 6.22. The molecule has 0 aliphatic carbocycles. The average molecular weight is 227 g/mol. The number of rotatable bonds is 4. The van der Waals surface area contributed by atoms with Crippen LogP contribution in [-0.4, -0.2) is 43.5 Å². The Morgan fingerprint density at radius 3 is 2.81 bits per heavy atom. The largest absolute Gasteiger partial charge is 0.354 e. The van der Waals surface area contributed by atoms with Gasteiger partial charge in [-0.3, -0.25) is 4.79 Å². The fraction of sp³-hybridized carbons (Fsp3) is 0.917. The van der Waals surface area contributed by atoms with E-state index in [0.29, 0.717) is 5.92 Å². The molecular weight excluding hydrogens is 202 g/mol. The fourth-order valence-corrected chi connectivity index (χ4v) is 2.11. The van der Waals surface area contributed by atoms with Gasteiger partial charge in [-0.05, 0) is 38.3 Å². The van der Waals surface area contributed by atoms with E-state index >= 15 is 0 Å². The average Bonchev–Trinajstić information content (AvgIpc) is 2.24. The van der Waals surface area contributed by atoms with Crippen molar-refractivity contribution in [2.24, 2.45) is 17.6 Å². The van der Waals surface area contributed by atoms with E-state index in [9.17, 15) is 4.79 Å². The second-order valence-electron chi connectivity index (χ2n) is 5.29. The third-order valence-corrected chi connectivity index (χ3v) is 3.31. The molecule has 0 spiro atoms. The molecule has 1 rings (SSSR count). The summed E-state index contributed by atoms with van der Waals surface area (Å²) in [5, 5.41) is 2.96. The van der Waals surface area contributed by atoms with Crippen molar-refractivity contribution in [1.82, 2.24) is 10.2 Å². The third kappa shape index (κ3) is 4.10. The zero-order valence-electron chi connectivity index (χ0n) is 10.7. The van der Waals surface area contributed by atoms with Crippen molar-refractivity contribution in [3.05, 3.63) is 0 Å². The van der Waals surface area contributed by atoms with Gasteiger partial charge < -0.3 is 16.0 Å². The van der Waals surface area contributed by atoms with Gasteiger partial charge in [0.05, 0.1) is 6.04 Å². The van der Waals surface area contributed by atoms with E-state index < -0.39 is 0 Å². The Morgan fingerprint density at radius 2 is 2.25 bits per heavy atom. The molecule has 3 N–H and O–H groups in total. The summed E-state index contributed by atoms with van der Waals surface area (Å²) in [4.78, 5) is 14.0. The summed E-state index contributed by atoms with van der Waals surface area (Å²) in [6.07, 6.45) is 2.44. The molecule has 0 saturated carbocycles. The van der Waals surface area contributed by atoms with E-state index in [0.717, 1.165) is 13.1 Å². The molecule has 1 saturated heterocycles. The van der Waals surface area contributed by atoms with E-state index in [-0.39, 0.29) is 17.9 Å². The van der Waals surface area contributed by atoms with Crippen LogP contribution in [0.4, 0.5) is 0 Å². The van der Waals surface area contributed by atoms with Crippen molar-refractivity contribution in [2.75, 3.05) is 26.7 Å². The van der Waals surface area contributed by atoms with Crippen molar-refractivity contribution in [3.63, 3.8) is 0 Å². The summed E-state index contributed by atoms with van der Waals surface area (Å²) in [6, 6.07) is -0.374. The molecule has 1 aliphatic heterocycles. The SMILES string of the molecule is CC(C)[C@@H](N)C(=O)NCC1CCCN(C)C1. The first kappa shape index (κ1) is 13.5. The summed E-state index contributed by atoms with van der Waals surface area (Å²) < 4.78 is 0. The predicted octanol–water partition coefficient (Wildman–Crippen LogP) is 0.428. The molecule has 0 aromatic heterocycles. The van der Waals surface area contributed by atoms with Crippen LogP contribution in [0.5, 0.6) is 0 Å². The molecule has 1 amide bonds. The number of hydrogen-bond donors (Lipinski definition) is 2. The predicted molar refractivity (Wildman–Crippen MR) is 66.0 cm³/mol. The second-order valence-corrected chi connectivity index (χ2v) is 5.29. The topological polar surface area (TPSA) is 58.4 Å². The highest BCUT2D eigenvalue weighted by atomic mass is 16.2. The minimum absolute atomic E-state index is 0.0109. The fourth-order valence-electron chi connectivity index (χ4n) is 2.11. The highest BCUT2D eigenvalue weighted by Gasteiger charge is 2.20. The number of nitrogens with one attached hydrogen (secondary N) is 1. The first-order valence-electron chi connectivity index (χ1n) is 6.22. The van der Waals surface area contributed by atoms with Crippen LogP contribution < -0.4 is 11.1 Å². The zero-order chi connectivity index (χ0) is 12.1. The van der Waals surface area contributed by atoms with Crippen LogP contribution in [0.25, 0.3) is 0 Å². The van der Waals surface area contributed by atoms with Crippen LogP contribution >= 0.6 is 0 Å². The highest BCUT2D eigenvalue weighted by Crippen LogP contribution is 2.13. The molecule has 94 valence electrons. The van der Waals surface area contributed by atoms with Gasteiger partial charge in [-0.15, -0.1) is 0 Å². The Kier molecular flexibility index (Phi) is 5.22.